The number of hydrogen-bond acceptors (Lipinski definition) is 5. The van der Waals surface area contributed by atoms with E-state index < -0.39 is 6.29 Å². The van der Waals surface area contributed by atoms with Crippen LogP contribution in [0.1, 0.15) is 107 Å². The summed E-state index contributed by atoms with van der Waals surface area (Å²) in [6.45, 7) is 5.39. The van der Waals surface area contributed by atoms with Gasteiger partial charge in [0.05, 0.1) is 18.8 Å². The Bertz CT molecular complexity index is 1240. The van der Waals surface area contributed by atoms with Crippen LogP contribution in [0.3, 0.4) is 0 Å². The Morgan fingerprint density at radius 3 is 2.20 bits per heavy atom. The Morgan fingerprint density at radius 1 is 0.886 bits per heavy atom. The van der Waals surface area contributed by atoms with Crippen LogP contribution in [0.25, 0.3) is 0 Å². The van der Waals surface area contributed by atoms with Crippen molar-refractivity contribution in [3.8, 4) is 0 Å². The maximum absolute atomic E-state index is 13.3. The molecule has 4 bridgehead atoms. The summed E-state index contributed by atoms with van der Waals surface area (Å²) in [7, 11) is 0. The van der Waals surface area contributed by atoms with Crippen molar-refractivity contribution in [1.29, 1.82) is 0 Å². The molecule has 8 rings (SSSR count). The lowest BCUT2D eigenvalue weighted by Gasteiger charge is -2.56. The Kier molecular flexibility index (Phi) is 9.01. The quantitative estimate of drug-likeness (QED) is 0.310. The third-order valence-corrected chi connectivity index (χ3v) is 11.3. The number of ether oxygens (including phenoxy) is 2. The van der Waals surface area contributed by atoms with Gasteiger partial charge in [-0.1, -0.05) is 62.6 Å². The summed E-state index contributed by atoms with van der Waals surface area (Å²) in [6, 6.07) is 16.0. The first-order valence-electron chi connectivity index (χ1n) is 17.4. The Hall–Kier alpha value is -2.45. The molecular formula is C37H51N3O4. The fourth-order valence-corrected chi connectivity index (χ4v) is 9.51. The van der Waals surface area contributed by atoms with Gasteiger partial charge in [-0.05, 0) is 105 Å². The minimum atomic E-state index is -0.540. The summed E-state index contributed by atoms with van der Waals surface area (Å²) in [5.74, 6) is 2.51. The van der Waals surface area contributed by atoms with E-state index in [4.69, 9.17) is 9.47 Å². The SMILES string of the molecule is CC1C(CN2CCCCCCC2)OC(c2cccc(NC(=O)NC34CC5CC(CC(C5)C3)C4)c2)OC1c1ccc(CO)cc1. The van der Waals surface area contributed by atoms with E-state index in [1.807, 2.05) is 36.4 Å². The third-order valence-electron chi connectivity index (χ3n) is 11.3. The van der Waals surface area contributed by atoms with Crippen LogP contribution in [-0.2, 0) is 16.1 Å². The van der Waals surface area contributed by atoms with Crippen molar-refractivity contribution in [3.05, 3.63) is 65.2 Å². The van der Waals surface area contributed by atoms with Gasteiger partial charge in [0.2, 0.25) is 0 Å². The molecule has 3 N–H and O–H groups in total. The molecule has 7 nitrogen and oxygen atoms in total. The van der Waals surface area contributed by atoms with Gasteiger partial charge in [0.1, 0.15) is 0 Å². The molecule has 0 aromatic heterocycles. The number of likely N-dealkylation sites (tertiary alicyclic amines) is 1. The van der Waals surface area contributed by atoms with Gasteiger partial charge in [0.15, 0.2) is 6.29 Å². The molecule has 2 aromatic rings. The van der Waals surface area contributed by atoms with E-state index in [0.717, 1.165) is 79.0 Å². The predicted molar refractivity (Wildman–Crippen MR) is 172 cm³/mol. The normalized spacial score (nSPS) is 35.5. The topological polar surface area (TPSA) is 83.1 Å². The van der Waals surface area contributed by atoms with Gasteiger partial charge >= 0.3 is 6.03 Å². The molecule has 2 aliphatic heterocycles. The molecule has 0 spiro atoms. The summed E-state index contributed by atoms with van der Waals surface area (Å²) in [5.41, 5.74) is 3.65. The number of rotatable bonds is 7. The lowest BCUT2D eigenvalue weighted by Crippen LogP contribution is -2.60. The average Bonchev–Trinajstić information content (AvgIpc) is 2.98. The van der Waals surface area contributed by atoms with Crippen LogP contribution in [0, 0.1) is 23.7 Å². The van der Waals surface area contributed by atoms with E-state index in [1.165, 1.54) is 51.4 Å². The van der Waals surface area contributed by atoms with Crippen LogP contribution in [0.4, 0.5) is 10.5 Å². The summed E-state index contributed by atoms with van der Waals surface area (Å²) in [5, 5.41) is 16.2. The molecule has 4 saturated carbocycles. The van der Waals surface area contributed by atoms with Gasteiger partial charge in [0.25, 0.3) is 0 Å². The Morgan fingerprint density at radius 2 is 1.55 bits per heavy atom. The van der Waals surface area contributed by atoms with Crippen LogP contribution in [-0.4, -0.2) is 47.3 Å². The second-order valence-corrected chi connectivity index (χ2v) is 14.8. The number of urea groups is 1. The van der Waals surface area contributed by atoms with Gasteiger partial charge in [-0.2, -0.15) is 0 Å². The molecule has 2 heterocycles. The average molecular weight is 602 g/mol. The molecule has 6 aliphatic rings. The fourth-order valence-electron chi connectivity index (χ4n) is 9.51. The second-order valence-electron chi connectivity index (χ2n) is 14.8. The first kappa shape index (κ1) is 30.2. The molecule has 2 aromatic carbocycles. The highest BCUT2D eigenvalue weighted by atomic mass is 16.7. The molecule has 4 atom stereocenters. The number of aliphatic hydroxyl groups excluding tert-OH is 1. The molecule has 2 amide bonds. The van der Waals surface area contributed by atoms with Crippen LogP contribution in [0.15, 0.2) is 48.5 Å². The summed E-state index contributed by atoms with van der Waals surface area (Å²) < 4.78 is 13.5. The van der Waals surface area contributed by atoms with Crippen LogP contribution in [0.2, 0.25) is 0 Å². The highest BCUT2D eigenvalue weighted by Crippen LogP contribution is 2.55. The lowest BCUT2D eigenvalue weighted by atomic mass is 9.53. The summed E-state index contributed by atoms with van der Waals surface area (Å²) >= 11 is 0. The minimum absolute atomic E-state index is 0.00620. The minimum Gasteiger partial charge on any atom is -0.392 e. The zero-order chi connectivity index (χ0) is 30.1. The zero-order valence-electron chi connectivity index (χ0n) is 26.4. The van der Waals surface area contributed by atoms with E-state index in [1.54, 1.807) is 0 Å². The van der Waals surface area contributed by atoms with Crippen molar-refractivity contribution in [3.63, 3.8) is 0 Å². The Balaban J connectivity index is 1.07. The molecule has 44 heavy (non-hydrogen) atoms. The van der Waals surface area contributed by atoms with Crippen molar-refractivity contribution >= 4 is 11.7 Å². The number of carbonyl (C=O) groups is 1. The van der Waals surface area contributed by atoms with Gasteiger partial charge < -0.3 is 30.1 Å². The summed E-state index contributed by atoms with van der Waals surface area (Å²) in [6.07, 6.45) is 13.2. The van der Waals surface area contributed by atoms with Gasteiger partial charge in [-0.15, -0.1) is 0 Å². The number of hydrogen-bond donors (Lipinski definition) is 3. The standard InChI is InChI=1S/C37H51N3O4/c1-25-33(23-40-14-5-3-2-4-6-15-40)43-35(44-34(25)30-12-10-26(24-41)11-13-30)31-8-7-9-32(19-31)38-36(42)39-37-20-27-16-28(21-37)18-29(17-27)22-37/h7-13,19,25,27-29,33-35,41H,2-6,14-18,20-24H2,1H3,(H2,38,39,42). The number of carbonyl (C=O) groups excluding carboxylic acids is 1. The number of nitrogens with one attached hydrogen (secondary N) is 2. The molecule has 4 unspecified atom stereocenters. The van der Waals surface area contributed by atoms with E-state index in [2.05, 4.69) is 34.6 Å². The highest BCUT2D eigenvalue weighted by molar-refractivity contribution is 5.89. The molecule has 238 valence electrons. The van der Waals surface area contributed by atoms with Crippen molar-refractivity contribution in [2.45, 2.75) is 108 Å². The van der Waals surface area contributed by atoms with Crippen molar-refractivity contribution in [2.24, 2.45) is 23.7 Å². The first-order chi connectivity index (χ1) is 21.4. The maximum atomic E-state index is 13.3. The smallest absolute Gasteiger partial charge is 0.319 e. The number of anilines is 1. The van der Waals surface area contributed by atoms with Crippen LogP contribution >= 0.6 is 0 Å². The van der Waals surface area contributed by atoms with E-state index >= 15 is 0 Å². The molecule has 0 radical (unpaired) electrons. The zero-order valence-corrected chi connectivity index (χ0v) is 26.4. The largest absolute Gasteiger partial charge is 0.392 e. The number of benzene rings is 2. The van der Waals surface area contributed by atoms with Crippen LogP contribution < -0.4 is 10.6 Å². The third kappa shape index (κ3) is 6.72. The summed E-state index contributed by atoms with van der Waals surface area (Å²) in [4.78, 5) is 15.9. The second kappa shape index (κ2) is 13.1. The van der Waals surface area contributed by atoms with Crippen LogP contribution in [0.5, 0.6) is 0 Å². The molecule has 7 heteroatoms. The van der Waals surface area contributed by atoms with E-state index in [-0.39, 0.29) is 36.3 Å². The molecule has 4 aliphatic carbocycles. The Labute approximate surface area is 263 Å². The monoisotopic (exact) mass is 601 g/mol. The molecular weight excluding hydrogens is 550 g/mol. The number of amides is 2. The first-order valence-corrected chi connectivity index (χ1v) is 17.4. The van der Waals surface area contributed by atoms with Gasteiger partial charge in [-0.3, -0.25) is 0 Å². The highest BCUT2D eigenvalue weighted by Gasteiger charge is 2.51. The van der Waals surface area contributed by atoms with E-state index in [0.29, 0.717) is 0 Å². The van der Waals surface area contributed by atoms with Crippen molar-refractivity contribution in [1.82, 2.24) is 10.2 Å². The molecule has 2 saturated heterocycles. The number of aliphatic hydroxyl groups is 1. The van der Waals surface area contributed by atoms with Gasteiger partial charge in [0, 0.05) is 29.3 Å². The molecule has 6 fully saturated rings. The fraction of sp³-hybridized carbons (Fsp3) is 0.649. The van der Waals surface area contributed by atoms with Crippen molar-refractivity contribution in [2.75, 3.05) is 25.0 Å². The lowest BCUT2D eigenvalue weighted by molar-refractivity contribution is -0.276. The van der Waals surface area contributed by atoms with Gasteiger partial charge in [-0.25, -0.2) is 4.79 Å². The maximum Gasteiger partial charge on any atom is 0.319 e. The predicted octanol–water partition coefficient (Wildman–Crippen LogP) is 7.33. The van der Waals surface area contributed by atoms with Crippen molar-refractivity contribution < 1.29 is 19.4 Å². The number of nitrogens with zero attached hydrogens (tertiary/aromatic N) is 1. The van der Waals surface area contributed by atoms with E-state index in [9.17, 15) is 9.90 Å².